The lowest BCUT2D eigenvalue weighted by Crippen LogP contribution is -2.12. The highest BCUT2D eigenvalue weighted by atomic mass is 16.6. The summed E-state index contributed by atoms with van der Waals surface area (Å²) in [5.41, 5.74) is 1.06. The molecule has 1 aromatic heterocycles. The van der Waals surface area contributed by atoms with Crippen LogP contribution in [0.15, 0.2) is 42.6 Å². The van der Waals surface area contributed by atoms with E-state index in [1.807, 2.05) is 24.3 Å². The molecule has 2 heterocycles. The topological polar surface area (TPSA) is 77.3 Å². The Morgan fingerprint density at radius 2 is 2.21 bits per heavy atom. The maximum atomic E-state index is 10.7. The average molecular weight is 257 g/mol. The Morgan fingerprint density at radius 3 is 3.05 bits per heavy atom. The van der Waals surface area contributed by atoms with Gasteiger partial charge in [-0.25, -0.2) is 4.98 Å². The molecule has 0 saturated carbocycles. The zero-order valence-corrected chi connectivity index (χ0v) is 9.95. The summed E-state index contributed by atoms with van der Waals surface area (Å²) >= 11 is 0. The van der Waals surface area contributed by atoms with Crippen molar-refractivity contribution in [3.8, 4) is 5.75 Å². The molecule has 1 aliphatic heterocycles. The number of aromatic nitrogens is 1. The first kappa shape index (κ1) is 11.5. The fourth-order valence-electron chi connectivity index (χ4n) is 2.07. The van der Waals surface area contributed by atoms with E-state index in [0.717, 1.165) is 11.3 Å². The highest BCUT2D eigenvalue weighted by Crippen LogP contribution is 2.33. The molecule has 3 rings (SSSR count). The normalized spacial score (nSPS) is 16.5. The fourth-order valence-corrected chi connectivity index (χ4v) is 2.07. The van der Waals surface area contributed by atoms with Gasteiger partial charge in [-0.15, -0.1) is 0 Å². The molecule has 0 spiro atoms. The van der Waals surface area contributed by atoms with Crippen LogP contribution < -0.4 is 10.1 Å². The van der Waals surface area contributed by atoms with Crippen LogP contribution in [-0.2, 0) is 0 Å². The first-order chi connectivity index (χ1) is 9.24. The second kappa shape index (κ2) is 4.56. The van der Waals surface area contributed by atoms with Gasteiger partial charge in [0.05, 0.1) is 17.0 Å². The first-order valence-electron chi connectivity index (χ1n) is 5.83. The Balaban J connectivity index is 1.83. The average Bonchev–Trinajstić information content (AvgIpc) is 2.83. The van der Waals surface area contributed by atoms with Crippen LogP contribution in [0.2, 0.25) is 0 Å². The van der Waals surface area contributed by atoms with E-state index in [1.165, 1.54) is 18.3 Å². The van der Waals surface area contributed by atoms with Crippen molar-refractivity contribution in [2.75, 3.05) is 11.9 Å². The molecule has 1 atom stereocenters. The monoisotopic (exact) mass is 257 g/mol. The smallest absolute Gasteiger partial charge is 0.274 e. The quantitative estimate of drug-likeness (QED) is 0.675. The molecule has 6 nitrogen and oxygen atoms in total. The largest absolute Gasteiger partial charge is 0.491 e. The maximum absolute atomic E-state index is 10.7. The van der Waals surface area contributed by atoms with Crippen LogP contribution in [0.25, 0.3) is 0 Å². The lowest BCUT2D eigenvalue weighted by Gasteiger charge is -2.11. The van der Waals surface area contributed by atoms with Gasteiger partial charge in [0, 0.05) is 17.8 Å². The van der Waals surface area contributed by atoms with Crippen molar-refractivity contribution in [1.29, 1.82) is 0 Å². The standard InChI is InChI=1S/C13H11N3O3/c17-16(18)9-5-6-14-13(7-9)15-11-8-19-12-4-2-1-3-10(11)12/h1-7,11H,8H2,(H,14,15). The van der Waals surface area contributed by atoms with Gasteiger partial charge in [-0.2, -0.15) is 0 Å². The number of fused-ring (bicyclic) bond motifs is 1. The molecule has 1 unspecified atom stereocenters. The number of hydrogen-bond acceptors (Lipinski definition) is 5. The maximum Gasteiger partial charge on any atom is 0.274 e. The number of rotatable bonds is 3. The van der Waals surface area contributed by atoms with Crippen LogP contribution >= 0.6 is 0 Å². The number of hydrogen-bond donors (Lipinski definition) is 1. The summed E-state index contributed by atoms with van der Waals surface area (Å²) in [7, 11) is 0. The van der Waals surface area contributed by atoms with E-state index >= 15 is 0 Å². The summed E-state index contributed by atoms with van der Waals surface area (Å²) < 4.78 is 5.54. The number of pyridine rings is 1. The Labute approximate surface area is 109 Å². The molecular weight excluding hydrogens is 246 g/mol. The SMILES string of the molecule is O=[N+]([O-])c1ccnc(NC2COc3ccccc32)c1. The molecule has 1 aromatic carbocycles. The summed E-state index contributed by atoms with van der Waals surface area (Å²) in [4.78, 5) is 14.4. The molecule has 0 fully saturated rings. The van der Waals surface area contributed by atoms with Crippen molar-refractivity contribution in [2.24, 2.45) is 0 Å². The summed E-state index contributed by atoms with van der Waals surface area (Å²) in [6, 6.07) is 10.5. The molecule has 6 heteroatoms. The molecular formula is C13H11N3O3. The predicted octanol–water partition coefficient (Wildman–Crippen LogP) is 2.54. The zero-order valence-electron chi connectivity index (χ0n) is 9.95. The summed E-state index contributed by atoms with van der Waals surface area (Å²) in [5.74, 6) is 1.31. The molecule has 96 valence electrons. The second-order valence-electron chi connectivity index (χ2n) is 4.20. The summed E-state index contributed by atoms with van der Waals surface area (Å²) in [6.45, 7) is 0.490. The minimum absolute atomic E-state index is 0.0182. The number of ether oxygens (including phenoxy) is 1. The molecule has 1 aliphatic rings. The summed E-state index contributed by atoms with van der Waals surface area (Å²) in [5, 5.41) is 13.9. The van der Waals surface area contributed by atoms with E-state index < -0.39 is 4.92 Å². The third-order valence-electron chi connectivity index (χ3n) is 2.98. The lowest BCUT2D eigenvalue weighted by atomic mass is 10.1. The van der Waals surface area contributed by atoms with Crippen molar-refractivity contribution in [3.63, 3.8) is 0 Å². The number of benzene rings is 1. The van der Waals surface area contributed by atoms with Crippen LogP contribution in [0.5, 0.6) is 5.75 Å². The molecule has 0 bridgehead atoms. The van der Waals surface area contributed by atoms with Crippen molar-refractivity contribution in [2.45, 2.75) is 6.04 Å². The molecule has 0 radical (unpaired) electrons. The van der Waals surface area contributed by atoms with Crippen LogP contribution in [0, 0.1) is 10.1 Å². The van der Waals surface area contributed by atoms with Gasteiger partial charge in [0.15, 0.2) is 0 Å². The van der Waals surface area contributed by atoms with E-state index in [1.54, 1.807) is 0 Å². The lowest BCUT2D eigenvalue weighted by molar-refractivity contribution is -0.384. The Kier molecular flexibility index (Phi) is 2.75. The van der Waals surface area contributed by atoms with Gasteiger partial charge in [-0.3, -0.25) is 10.1 Å². The van der Waals surface area contributed by atoms with Crippen LogP contribution in [0.1, 0.15) is 11.6 Å². The van der Waals surface area contributed by atoms with E-state index in [2.05, 4.69) is 10.3 Å². The van der Waals surface area contributed by atoms with Crippen molar-refractivity contribution in [1.82, 2.24) is 4.98 Å². The second-order valence-corrected chi connectivity index (χ2v) is 4.20. The van der Waals surface area contributed by atoms with Gasteiger partial charge >= 0.3 is 0 Å². The van der Waals surface area contributed by atoms with E-state index in [9.17, 15) is 10.1 Å². The minimum Gasteiger partial charge on any atom is -0.491 e. The number of nitrogens with one attached hydrogen (secondary N) is 1. The number of anilines is 1. The van der Waals surface area contributed by atoms with Crippen LogP contribution in [-0.4, -0.2) is 16.5 Å². The van der Waals surface area contributed by atoms with Crippen molar-refractivity contribution in [3.05, 3.63) is 58.3 Å². The van der Waals surface area contributed by atoms with Gasteiger partial charge in [0.25, 0.3) is 5.69 Å². The van der Waals surface area contributed by atoms with E-state index in [0.29, 0.717) is 12.4 Å². The Bertz CT molecular complexity index is 630. The zero-order chi connectivity index (χ0) is 13.2. The van der Waals surface area contributed by atoms with Gasteiger partial charge in [-0.1, -0.05) is 18.2 Å². The minimum atomic E-state index is -0.439. The fraction of sp³-hybridized carbons (Fsp3) is 0.154. The van der Waals surface area contributed by atoms with Crippen molar-refractivity contribution >= 4 is 11.5 Å². The Morgan fingerprint density at radius 1 is 1.37 bits per heavy atom. The molecule has 0 aliphatic carbocycles. The Hall–Kier alpha value is -2.63. The van der Waals surface area contributed by atoms with Gasteiger partial charge in [0.2, 0.25) is 0 Å². The molecule has 0 amide bonds. The van der Waals surface area contributed by atoms with E-state index in [-0.39, 0.29) is 11.7 Å². The highest BCUT2D eigenvalue weighted by molar-refractivity contribution is 5.49. The molecule has 0 saturated heterocycles. The van der Waals surface area contributed by atoms with Crippen LogP contribution in [0.3, 0.4) is 0 Å². The number of nitro groups is 1. The highest BCUT2D eigenvalue weighted by Gasteiger charge is 2.24. The third kappa shape index (κ3) is 2.20. The summed E-state index contributed by atoms with van der Waals surface area (Å²) in [6.07, 6.45) is 1.42. The van der Waals surface area contributed by atoms with Gasteiger partial charge in [-0.05, 0) is 6.07 Å². The predicted molar refractivity (Wildman–Crippen MR) is 69.2 cm³/mol. The molecule has 19 heavy (non-hydrogen) atoms. The molecule has 1 N–H and O–H groups in total. The third-order valence-corrected chi connectivity index (χ3v) is 2.98. The number of para-hydroxylation sites is 1. The molecule has 2 aromatic rings. The van der Waals surface area contributed by atoms with Gasteiger partial charge < -0.3 is 10.1 Å². The van der Waals surface area contributed by atoms with Crippen molar-refractivity contribution < 1.29 is 9.66 Å². The van der Waals surface area contributed by atoms with Crippen LogP contribution in [0.4, 0.5) is 11.5 Å². The van der Waals surface area contributed by atoms with E-state index in [4.69, 9.17) is 4.74 Å². The first-order valence-corrected chi connectivity index (χ1v) is 5.83. The van der Waals surface area contributed by atoms with Gasteiger partial charge in [0.1, 0.15) is 18.2 Å². The number of nitrogens with zero attached hydrogens (tertiary/aromatic N) is 2.